The van der Waals surface area contributed by atoms with E-state index in [1.54, 1.807) is 20.8 Å². The highest BCUT2D eigenvalue weighted by Crippen LogP contribution is 2.28. The van der Waals surface area contributed by atoms with Gasteiger partial charge < -0.3 is 4.55 Å². The van der Waals surface area contributed by atoms with Crippen LogP contribution in [0.1, 0.15) is 39.0 Å². The number of alkyl halides is 3. The third-order valence-electron chi connectivity index (χ3n) is 2.21. The number of nitrogens with zero attached hydrogens (tertiary/aromatic N) is 2. The summed E-state index contributed by atoms with van der Waals surface area (Å²) in [6, 6.07) is 2.31. The van der Waals surface area contributed by atoms with Crippen LogP contribution in [0.3, 0.4) is 0 Å². The molecule has 0 bridgehead atoms. The van der Waals surface area contributed by atoms with Gasteiger partial charge in [0.15, 0.2) is 0 Å². The van der Waals surface area contributed by atoms with Crippen molar-refractivity contribution in [1.82, 2.24) is 4.98 Å². The molecule has 0 aromatic carbocycles. The lowest BCUT2D eigenvalue weighted by atomic mass is 10.1. The summed E-state index contributed by atoms with van der Waals surface area (Å²) >= 11 is -1.51. The minimum atomic E-state index is -4.50. The molecule has 3 nitrogen and oxygen atoms in total. The van der Waals surface area contributed by atoms with Crippen LogP contribution in [0, 0.1) is 0 Å². The van der Waals surface area contributed by atoms with Crippen LogP contribution in [0.2, 0.25) is 0 Å². The first kappa shape index (κ1) is 16.0. The predicted octanol–water partition coefficient (Wildman–Crippen LogP) is 3.37. The predicted molar refractivity (Wildman–Crippen MR) is 69.3 cm³/mol. The lowest BCUT2D eigenvalue weighted by molar-refractivity contribution is -0.141. The molecule has 1 heterocycles. The van der Waals surface area contributed by atoms with E-state index in [4.69, 9.17) is 0 Å². The molecule has 0 fully saturated rings. The smallest absolute Gasteiger partial charge is 0.433 e. The van der Waals surface area contributed by atoms with Gasteiger partial charge in [-0.15, -0.1) is 0 Å². The van der Waals surface area contributed by atoms with E-state index in [9.17, 15) is 17.7 Å². The van der Waals surface area contributed by atoms with Crippen LogP contribution >= 0.6 is 0 Å². The fourth-order valence-electron chi connectivity index (χ4n) is 1.12. The topological polar surface area (TPSA) is 48.3 Å². The number of pyridine rings is 1. The van der Waals surface area contributed by atoms with Crippen LogP contribution in [-0.4, -0.2) is 20.0 Å². The van der Waals surface area contributed by atoms with Crippen molar-refractivity contribution in [2.75, 3.05) is 0 Å². The van der Waals surface area contributed by atoms with Gasteiger partial charge >= 0.3 is 6.18 Å². The van der Waals surface area contributed by atoms with E-state index in [1.807, 2.05) is 0 Å². The van der Waals surface area contributed by atoms with Crippen LogP contribution in [0.15, 0.2) is 22.7 Å². The van der Waals surface area contributed by atoms with Crippen LogP contribution in [0.4, 0.5) is 13.2 Å². The third kappa shape index (κ3) is 4.50. The fourth-order valence-corrected chi connectivity index (χ4v) is 1.75. The van der Waals surface area contributed by atoms with Crippen molar-refractivity contribution >= 4 is 17.1 Å². The fraction of sp³-hybridized carbons (Fsp3) is 0.500. The quantitative estimate of drug-likeness (QED) is 0.620. The van der Waals surface area contributed by atoms with Gasteiger partial charge in [-0.25, -0.2) is 0 Å². The molecule has 0 amide bonds. The zero-order chi connectivity index (χ0) is 14.8. The second kappa shape index (κ2) is 5.50. The minimum absolute atomic E-state index is 0.264. The van der Waals surface area contributed by atoms with E-state index >= 15 is 0 Å². The van der Waals surface area contributed by atoms with Gasteiger partial charge in [0, 0.05) is 11.8 Å². The van der Waals surface area contributed by atoms with Crippen molar-refractivity contribution in [3.63, 3.8) is 0 Å². The average molecular weight is 292 g/mol. The van der Waals surface area contributed by atoms with Crippen molar-refractivity contribution in [2.24, 2.45) is 4.40 Å². The summed E-state index contributed by atoms with van der Waals surface area (Å²) in [4.78, 5) is 3.27. The lowest BCUT2D eigenvalue weighted by Gasteiger charge is -2.18. The summed E-state index contributed by atoms with van der Waals surface area (Å²) < 4.78 is 52.8. The zero-order valence-electron chi connectivity index (χ0n) is 11.1. The number of hydrogen-bond acceptors (Lipinski definition) is 3. The van der Waals surface area contributed by atoms with Gasteiger partial charge in [-0.2, -0.15) is 13.2 Å². The highest BCUT2D eigenvalue weighted by molar-refractivity contribution is 7.91. The van der Waals surface area contributed by atoms with E-state index in [0.717, 1.165) is 12.3 Å². The number of halogens is 3. The summed E-state index contributed by atoms with van der Waals surface area (Å²) in [6.07, 6.45) is -3.43. The zero-order valence-corrected chi connectivity index (χ0v) is 11.9. The molecule has 0 aliphatic heterocycles. The minimum Gasteiger partial charge on any atom is -0.591 e. The Labute approximate surface area is 113 Å². The first-order valence-electron chi connectivity index (χ1n) is 5.53. The molecule has 0 unspecified atom stereocenters. The van der Waals surface area contributed by atoms with Gasteiger partial charge in [0.25, 0.3) is 0 Å². The summed E-state index contributed by atoms with van der Waals surface area (Å²) in [5, 5.41) is 0. The SMILES string of the molecule is CC(=N[S@+]([O-])C(C)(C)C)c1ccnc(C(F)(F)F)c1. The van der Waals surface area contributed by atoms with Crippen molar-refractivity contribution < 1.29 is 17.7 Å². The molecule has 0 saturated carbocycles. The summed E-state index contributed by atoms with van der Waals surface area (Å²) in [6.45, 7) is 6.76. The maximum absolute atomic E-state index is 12.5. The Kier molecular flexibility index (Phi) is 4.63. The molecule has 19 heavy (non-hydrogen) atoms. The van der Waals surface area contributed by atoms with E-state index in [2.05, 4.69) is 9.38 Å². The molecule has 0 saturated heterocycles. The Balaban J connectivity index is 3.07. The van der Waals surface area contributed by atoms with Gasteiger partial charge in [-0.1, -0.05) is 4.40 Å². The highest BCUT2D eigenvalue weighted by Gasteiger charge is 2.33. The van der Waals surface area contributed by atoms with Gasteiger partial charge in [-0.3, -0.25) is 4.98 Å². The maximum atomic E-state index is 12.5. The largest absolute Gasteiger partial charge is 0.591 e. The van der Waals surface area contributed by atoms with Crippen LogP contribution in [0.25, 0.3) is 0 Å². The molecule has 0 spiro atoms. The second-order valence-corrected chi connectivity index (χ2v) is 6.87. The molecule has 0 aliphatic rings. The molecule has 106 valence electrons. The first-order chi connectivity index (χ1) is 8.51. The van der Waals surface area contributed by atoms with E-state index < -0.39 is 28.0 Å². The molecule has 0 radical (unpaired) electrons. The average Bonchev–Trinajstić information content (AvgIpc) is 2.26. The normalized spacial score (nSPS) is 15.5. The molecule has 1 aromatic heterocycles. The van der Waals surface area contributed by atoms with Crippen LogP contribution in [-0.2, 0) is 17.5 Å². The molecule has 7 heteroatoms. The summed E-state index contributed by atoms with van der Waals surface area (Å²) in [5.74, 6) is 0. The number of hydrogen-bond donors (Lipinski definition) is 0. The highest BCUT2D eigenvalue weighted by atomic mass is 32.2. The lowest BCUT2D eigenvalue weighted by Crippen LogP contribution is -2.26. The Morgan fingerprint density at radius 3 is 2.37 bits per heavy atom. The second-order valence-electron chi connectivity index (χ2n) is 4.97. The van der Waals surface area contributed by atoms with Gasteiger partial charge in [0.1, 0.15) is 21.8 Å². The standard InChI is InChI=1S/C12H15F3N2OS/c1-8(17-19(18)11(2,3)4)9-5-6-16-10(7-9)12(13,14)15/h5-7H,1-4H3/t19-/m1/s1. The van der Waals surface area contributed by atoms with Crippen molar-refractivity contribution in [3.8, 4) is 0 Å². The Morgan fingerprint density at radius 2 is 1.89 bits per heavy atom. The summed E-state index contributed by atoms with van der Waals surface area (Å²) in [7, 11) is 0. The van der Waals surface area contributed by atoms with Crippen molar-refractivity contribution in [3.05, 3.63) is 29.6 Å². The van der Waals surface area contributed by atoms with Crippen molar-refractivity contribution in [1.29, 1.82) is 0 Å². The van der Waals surface area contributed by atoms with Gasteiger partial charge in [0.05, 0.1) is 5.71 Å². The van der Waals surface area contributed by atoms with Crippen LogP contribution < -0.4 is 0 Å². The van der Waals surface area contributed by atoms with Crippen molar-refractivity contribution in [2.45, 2.75) is 38.6 Å². The maximum Gasteiger partial charge on any atom is 0.433 e. The van der Waals surface area contributed by atoms with E-state index in [1.165, 1.54) is 13.0 Å². The number of rotatable bonds is 2. The summed E-state index contributed by atoms with van der Waals surface area (Å²) in [5.41, 5.74) is -0.429. The monoisotopic (exact) mass is 292 g/mol. The Hall–Kier alpha value is -1.08. The van der Waals surface area contributed by atoms with E-state index in [-0.39, 0.29) is 5.56 Å². The molecular weight excluding hydrogens is 277 g/mol. The molecule has 1 aromatic rings. The molecule has 0 N–H and O–H groups in total. The molecule has 1 rings (SSSR count). The molecule has 1 atom stereocenters. The Morgan fingerprint density at radius 1 is 1.32 bits per heavy atom. The molecule has 0 aliphatic carbocycles. The molecular formula is C12H15F3N2OS. The number of aromatic nitrogens is 1. The van der Waals surface area contributed by atoms with E-state index in [0.29, 0.717) is 5.71 Å². The van der Waals surface area contributed by atoms with Gasteiger partial charge in [0.2, 0.25) is 0 Å². The Bertz CT molecular complexity index is 481. The third-order valence-corrected chi connectivity index (χ3v) is 3.70. The van der Waals surface area contributed by atoms with Gasteiger partial charge in [-0.05, 0) is 39.8 Å². The van der Waals surface area contributed by atoms with Crippen LogP contribution in [0.5, 0.6) is 0 Å². The first-order valence-corrected chi connectivity index (χ1v) is 6.63.